The van der Waals surface area contributed by atoms with E-state index in [9.17, 15) is 39.6 Å². The molecule has 13 heteroatoms. The topological polar surface area (TPSA) is 188 Å². The number of carboxylic acid groups (broad SMARTS) is 4. The molecule has 6 N–H and O–H groups in total. The van der Waals surface area contributed by atoms with Gasteiger partial charge in [-0.3, -0.25) is 38.8 Å². The molecule has 0 aliphatic carbocycles. The predicted octanol–water partition coefficient (Wildman–Crippen LogP) is -1.26. The van der Waals surface area contributed by atoms with E-state index in [0.29, 0.717) is 12.1 Å². The van der Waals surface area contributed by atoms with Crippen molar-refractivity contribution in [2.75, 3.05) is 77.7 Å². The lowest BCUT2D eigenvalue weighted by molar-refractivity contribution is -0.142. The van der Waals surface area contributed by atoms with E-state index in [1.165, 1.54) is 0 Å². The average molecular weight is 510 g/mol. The lowest BCUT2D eigenvalue weighted by atomic mass is 10.0. The van der Waals surface area contributed by atoms with Crippen LogP contribution >= 0.6 is 0 Å². The highest BCUT2D eigenvalue weighted by molar-refractivity contribution is 5.70. The number of rotatable bonds is 10. The fourth-order valence-corrected chi connectivity index (χ4v) is 4.28. The van der Waals surface area contributed by atoms with Crippen LogP contribution in [0.3, 0.4) is 0 Å². The molecule has 1 fully saturated rings. The molecule has 13 nitrogen and oxygen atoms in total. The van der Waals surface area contributed by atoms with Crippen LogP contribution in [-0.4, -0.2) is 142 Å². The number of anilines is 1. The van der Waals surface area contributed by atoms with Gasteiger partial charge >= 0.3 is 23.9 Å². The first-order valence-corrected chi connectivity index (χ1v) is 11.6. The maximum atomic E-state index is 11.7. The second kappa shape index (κ2) is 14.3. The van der Waals surface area contributed by atoms with E-state index in [1.807, 2.05) is 12.1 Å². The number of carbonyl (C=O) groups is 4. The molecule has 0 saturated carbocycles. The van der Waals surface area contributed by atoms with Crippen molar-refractivity contribution in [2.45, 2.75) is 12.5 Å². The lowest BCUT2D eigenvalue weighted by Gasteiger charge is -2.37. The summed E-state index contributed by atoms with van der Waals surface area (Å²) < 4.78 is 0. The summed E-state index contributed by atoms with van der Waals surface area (Å²) in [5, 5.41) is 37.7. The van der Waals surface area contributed by atoms with Gasteiger partial charge in [0.15, 0.2) is 0 Å². The summed E-state index contributed by atoms with van der Waals surface area (Å²) in [5.41, 5.74) is 7.26. The van der Waals surface area contributed by atoms with Gasteiger partial charge in [0.1, 0.15) is 0 Å². The van der Waals surface area contributed by atoms with E-state index in [4.69, 9.17) is 5.73 Å². The van der Waals surface area contributed by atoms with Crippen molar-refractivity contribution < 1.29 is 39.6 Å². The normalized spacial score (nSPS) is 19.7. The van der Waals surface area contributed by atoms with Crippen molar-refractivity contribution in [3.05, 3.63) is 29.8 Å². The van der Waals surface area contributed by atoms with Gasteiger partial charge in [-0.1, -0.05) is 12.1 Å². The predicted molar refractivity (Wildman–Crippen MR) is 130 cm³/mol. The molecule has 1 aromatic rings. The maximum Gasteiger partial charge on any atom is 0.317 e. The van der Waals surface area contributed by atoms with Crippen molar-refractivity contribution in [1.29, 1.82) is 0 Å². The lowest BCUT2D eigenvalue weighted by Crippen LogP contribution is -2.53. The molecular weight excluding hydrogens is 474 g/mol. The van der Waals surface area contributed by atoms with Crippen LogP contribution in [0.4, 0.5) is 5.69 Å². The molecule has 0 radical (unpaired) electrons. The fourth-order valence-electron chi connectivity index (χ4n) is 4.28. The van der Waals surface area contributed by atoms with Gasteiger partial charge in [-0.15, -0.1) is 0 Å². The summed E-state index contributed by atoms with van der Waals surface area (Å²) in [6, 6.07) is 6.73. The van der Waals surface area contributed by atoms with E-state index < -0.39 is 29.9 Å². The molecule has 1 aliphatic heterocycles. The first-order valence-electron chi connectivity index (χ1n) is 11.6. The van der Waals surface area contributed by atoms with Crippen molar-refractivity contribution in [3.63, 3.8) is 0 Å². The van der Waals surface area contributed by atoms with E-state index in [-0.39, 0.29) is 72.0 Å². The van der Waals surface area contributed by atoms with Gasteiger partial charge in [0, 0.05) is 57.5 Å². The van der Waals surface area contributed by atoms with Crippen molar-refractivity contribution in [2.24, 2.45) is 0 Å². The summed E-state index contributed by atoms with van der Waals surface area (Å²) >= 11 is 0. The monoisotopic (exact) mass is 509 g/mol. The molecule has 0 amide bonds. The van der Waals surface area contributed by atoms with Gasteiger partial charge in [0.05, 0.1) is 26.2 Å². The molecule has 0 aromatic heterocycles. The molecule has 0 bridgehead atoms. The summed E-state index contributed by atoms with van der Waals surface area (Å²) in [6.45, 7) is 0.637. The van der Waals surface area contributed by atoms with Crippen LogP contribution in [0.5, 0.6) is 0 Å². The molecule has 0 spiro atoms. The zero-order chi connectivity index (χ0) is 26.7. The minimum absolute atomic E-state index is 0.226. The Kier molecular flexibility index (Phi) is 11.5. The van der Waals surface area contributed by atoms with E-state index in [1.54, 1.807) is 31.7 Å². The van der Waals surface area contributed by atoms with Crippen molar-refractivity contribution in [1.82, 2.24) is 19.6 Å². The largest absolute Gasteiger partial charge is 0.480 e. The fraction of sp³-hybridized carbons (Fsp3) is 0.565. The van der Waals surface area contributed by atoms with Crippen LogP contribution in [-0.2, 0) is 25.6 Å². The first-order chi connectivity index (χ1) is 17.0. The summed E-state index contributed by atoms with van der Waals surface area (Å²) in [6.07, 6.45) is 0.418. The zero-order valence-corrected chi connectivity index (χ0v) is 20.2. The number of nitrogens with zero attached hydrogens (tertiary/aromatic N) is 4. The third kappa shape index (κ3) is 11.0. The highest BCUT2D eigenvalue weighted by Crippen LogP contribution is 2.14. The van der Waals surface area contributed by atoms with Gasteiger partial charge in [0.25, 0.3) is 0 Å². The molecule has 1 unspecified atom stereocenters. The summed E-state index contributed by atoms with van der Waals surface area (Å²) in [7, 11) is 0. The van der Waals surface area contributed by atoms with E-state index >= 15 is 0 Å². The average Bonchev–Trinajstić information content (AvgIpc) is 2.76. The zero-order valence-electron chi connectivity index (χ0n) is 20.2. The number of aliphatic carboxylic acids is 4. The van der Waals surface area contributed by atoms with Gasteiger partial charge < -0.3 is 26.2 Å². The van der Waals surface area contributed by atoms with Gasteiger partial charge in [-0.2, -0.15) is 0 Å². The minimum atomic E-state index is -1.05. The number of hydrogen-bond acceptors (Lipinski definition) is 9. The Morgan fingerprint density at radius 2 is 1.08 bits per heavy atom. The summed E-state index contributed by atoms with van der Waals surface area (Å²) in [4.78, 5) is 52.8. The maximum absolute atomic E-state index is 11.7. The SMILES string of the molecule is Nc1ccc(CC2CN(CC(=O)O)CCN(CC(=O)O)CCN(CC(=O)O)CCN2CC(=O)O)cc1. The third-order valence-corrected chi connectivity index (χ3v) is 6.02. The van der Waals surface area contributed by atoms with Crippen LogP contribution in [0.25, 0.3) is 0 Å². The molecular formula is C23H35N5O8. The number of nitrogens with two attached hydrogens (primary N) is 1. The van der Waals surface area contributed by atoms with Crippen LogP contribution in [0, 0.1) is 0 Å². The molecule has 1 atom stereocenters. The highest BCUT2D eigenvalue weighted by Gasteiger charge is 2.27. The molecule has 1 aromatic carbocycles. The van der Waals surface area contributed by atoms with Gasteiger partial charge in [-0.25, -0.2) is 0 Å². The van der Waals surface area contributed by atoms with Crippen LogP contribution in [0.2, 0.25) is 0 Å². The third-order valence-electron chi connectivity index (χ3n) is 6.02. The standard InChI is InChI=1S/C23H35N5O8/c24-18-3-1-17(2-4-18)11-19-12-27(15-22(33)34)8-7-25(13-20(29)30)5-6-26(14-21(31)32)9-10-28(19)16-23(35)36/h1-4,19H,5-16,24H2,(H,29,30)(H,31,32)(H,33,34)(H,35,36). The molecule has 200 valence electrons. The summed E-state index contributed by atoms with van der Waals surface area (Å²) in [5.74, 6) is -4.17. The quantitative estimate of drug-likeness (QED) is 0.235. The number of hydrogen-bond donors (Lipinski definition) is 5. The van der Waals surface area contributed by atoms with Crippen molar-refractivity contribution in [3.8, 4) is 0 Å². The molecule has 2 rings (SSSR count). The van der Waals surface area contributed by atoms with E-state index in [2.05, 4.69) is 0 Å². The number of nitrogen functional groups attached to an aromatic ring is 1. The van der Waals surface area contributed by atoms with Crippen molar-refractivity contribution >= 4 is 29.6 Å². The number of benzene rings is 1. The Hall–Kier alpha value is -3.26. The smallest absolute Gasteiger partial charge is 0.317 e. The molecule has 1 aliphatic rings. The second-order valence-electron chi connectivity index (χ2n) is 8.93. The van der Waals surface area contributed by atoms with Gasteiger partial charge in [0.2, 0.25) is 0 Å². The molecule has 36 heavy (non-hydrogen) atoms. The minimum Gasteiger partial charge on any atom is -0.480 e. The van der Waals surface area contributed by atoms with Crippen LogP contribution in [0.1, 0.15) is 5.56 Å². The Morgan fingerprint density at radius 1 is 0.667 bits per heavy atom. The van der Waals surface area contributed by atoms with Gasteiger partial charge in [-0.05, 0) is 24.1 Å². The van der Waals surface area contributed by atoms with Crippen LogP contribution < -0.4 is 5.73 Å². The van der Waals surface area contributed by atoms with E-state index in [0.717, 1.165) is 5.56 Å². The highest BCUT2D eigenvalue weighted by atomic mass is 16.4. The van der Waals surface area contributed by atoms with Crippen LogP contribution in [0.15, 0.2) is 24.3 Å². The Bertz CT molecular complexity index is 897. The Labute approximate surface area is 209 Å². The second-order valence-corrected chi connectivity index (χ2v) is 8.93. The Morgan fingerprint density at radius 3 is 1.56 bits per heavy atom. The first kappa shape index (κ1) is 29.0. The Balaban J connectivity index is 2.38. The number of carboxylic acids is 4. The molecule has 1 saturated heterocycles. The molecule has 1 heterocycles.